The normalized spacial score (nSPS) is 20.8. The van der Waals surface area contributed by atoms with E-state index in [1.807, 2.05) is 0 Å². The van der Waals surface area contributed by atoms with Gasteiger partial charge in [0.1, 0.15) is 11.9 Å². The summed E-state index contributed by atoms with van der Waals surface area (Å²) >= 11 is 0. The Labute approximate surface area is 75.5 Å². The second-order valence-electron chi connectivity index (χ2n) is 2.90. The summed E-state index contributed by atoms with van der Waals surface area (Å²) in [5, 5.41) is 2.73. The molecule has 1 amide bonds. The molecule has 0 aromatic carbocycles. The highest BCUT2D eigenvalue weighted by Gasteiger charge is 2.25. The van der Waals surface area contributed by atoms with Crippen LogP contribution in [-0.2, 0) is 16.1 Å². The largest absolute Gasteiger partial charge is 0.368 e. The van der Waals surface area contributed by atoms with Gasteiger partial charge in [0.2, 0.25) is 5.91 Å². The van der Waals surface area contributed by atoms with Crippen molar-refractivity contribution in [2.24, 2.45) is 0 Å². The summed E-state index contributed by atoms with van der Waals surface area (Å²) in [7, 11) is 0. The van der Waals surface area contributed by atoms with Crippen molar-refractivity contribution in [2.75, 3.05) is 6.61 Å². The van der Waals surface area contributed by atoms with E-state index in [9.17, 15) is 4.79 Å². The molecule has 5 heteroatoms. The molecule has 0 bridgehead atoms. The molecule has 2 rings (SSSR count). The molecule has 5 nitrogen and oxygen atoms in total. The minimum absolute atomic E-state index is 0.0531. The van der Waals surface area contributed by atoms with Gasteiger partial charge < -0.3 is 15.0 Å². The number of nitrogens with one attached hydrogen (secondary N) is 2. The third kappa shape index (κ3) is 1.86. The van der Waals surface area contributed by atoms with E-state index < -0.39 is 0 Å². The van der Waals surface area contributed by atoms with E-state index in [1.54, 1.807) is 12.4 Å². The van der Waals surface area contributed by atoms with Crippen LogP contribution >= 0.6 is 0 Å². The van der Waals surface area contributed by atoms with Gasteiger partial charge in [-0.2, -0.15) is 0 Å². The van der Waals surface area contributed by atoms with E-state index >= 15 is 0 Å². The van der Waals surface area contributed by atoms with Crippen LogP contribution in [0, 0.1) is 0 Å². The van der Waals surface area contributed by atoms with Gasteiger partial charge in [0, 0.05) is 18.8 Å². The van der Waals surface area contributed by atoms with Crippen LogP contribution in [0.25, 0.3) is 0 Å². The number of aromatic nitrogens is 2. The first kappa shape index (κ1) is 8.25. The first-order valence-corrected chi connectivity index (χ1v) is 4.24. The molecule has 0 saturated carbocycles. The molecule has 1 aromatic rings. The Balaban J connectivity index is 1.76. The smallest absolute Gasteiger partial charge is 0.249 e. The fraction of sp³-hybridized carbons (Fsp3) is 0.500. The van der Waals surface area contributed by atoms with Crippen molar-refractivity contribution in [3.8, 4) is 0 Å². The van der Waals surface area contributed by atoms with Crippen molar-refractivity contribution in [2.45, 2.75) is 19.1 Å². The lowest BCUT2D eigenvalue weighted by Gasteiger charge is -2.24. The fourth-order valence-electron chi connectivity index (χ4n) is 1.12. The Bertz CT molecular complexity index is 280. The highest BCUT2D eigenvalue weighted by molar-refractivity contribution is 5.81. The Hall–Kier alpha value is -1.36. The van der Waals surface area contributed by atoms with Crippen LogP contribution in [0.4, 0.5) is 0 Å². The van der Waals surface area contributed by atoms with Gasteiger partial charge in [-0.3, -0.25) is 4.79 Å². The van der Waals surface area contributed by atoms with Crippen LogP contribution < -0.4 is 5.32 Å². The summed E-state index contributed by atoms with van der Waals surface area (Å²) in [6.07, 6.45) is 3.96. The molecule has 70 valence electrons. The standard InChI is InChI=1S/C8H11N3O2/c12-8(6-1-4-13-6)11-5-7-9-2-3-10-7/h2-3,6H,1,4-5H2,(H,9,10)(H,11,12). The minimum atomic E-state index is -0.241. The number of imidazole rings is 1. The molecule has 1 saturated heterocycles. The van der Waals surface area contributed by atoms with E-state index in [4.69, 9.17) is 4.74 Å². The van der Waals surface area contributed by atoms with Crippen LogP contribution in [0.3, 0.4) is 0 Å². The predicted molar refractivity (Wildman–Crippen MR) is 44.8 cm³/mol. The van der Waals surface area contributed by atoms with Gasteiger partial charge in [-0.15, -0.1) is 0 Å². The topological polar surface area (TPSA) is 67.0 Å². The second kappa shape index (κ2) is 3.57. The summed E-state index contributed by atoms with van der Waals surface area (Å²) < 4.78 is 5.02. The zero-order valence-electron chi connectivity index (χ0n) is 7.12. The van der Waals surface area contributed by atoms with Crippen LogP contribution in [0.2, 0.25) is 0 Å². The summed E-state index contributed by atoms with van der Waals surface area (Å²) in [4.78, 5) is 18.1. The molecule has 2 N–H and O–H groups in total. The molecular formula is C8H11N3O2. The van der Waals surface area contributed by atoms with Crippen molar-refractivity contribution in [3.63, 3.8) is 0 Å². The molecule has 1 aliphatic heterocycles. The van der Waals surface area contributed by atoms with Crippen molar-refractivity contribution >= 4 is 5.91 Å². The quantitative estimate of drug-likeness (QED) is 0.679. The van der Waals surface area contributed by atoms with Gasteiger partial charge in [0.15, 0.2) is 0 Å². The van der Waals surface area contributed by atoms with E-state index in [0.29, 0.717) is 13.2 Å². The minimum Gasteiger partial charge on any atom is -0.368 e. The lowest BCUT2D eigenvalue weighted by molar-refractivity contribution is -0.145. The molecule has 1 atom stereocenters. The number of ether oxygens (including phenoxy) is 1. The summed E-state index contributed by atoms with van der Waals surface area (Å²) in [6, 6.07) is 0. The molecule has 13 heavy (non-hydrogen) atoms. The molecule has 1 unspecified atom stereocenters. The SMILES string of the molecule is O=C(NCc1ncc[nH]1)C1CCO1. The third-order valence-corrected chi connectivity index (χ3v) is 1.98. The number of amides is 1. The van der Waals surface area contributed by atoms with E-state index in [-0.39, 0.29) is 12.0 Å². The molecule has 0 spiro atoms. The van der Waals surface area contributed by atoms with E-state index in [2.05, 4.69) is 15.3 Å². The molecule has 2 heterocycles. The maximum absolute atomic E-state index is 11.2. The Morgan fingerprint density at radius 3 is 3.23 bits per heavy atom. The summed E-state index contributed by atoms with van der Waals surface area (Å²) in [5.41, 5.74) is 0. The van der Waals surface area contributed by atoms with Gasteiger partial charge in [-0.1, -0.05) is 0 Å². The molecule has 0 radical (unpaired) electrons. The van der Waals surface area contributed by atoms with Crippen molar-refractivity contribution < 1.29 is 9.53 Å². The Morgan fingerprint density at radius 1 is 1.85 bits per heavy atom. The monoisotopic (exact) mass is 181 g/mol. The molecular weight excluding hydrogens is 170 g/mol. The predicted octanol–water partition coefficient (Wildman–Crippen LogP) is -0.185. The maximum Gasteiger partial charge on any atom is 0.249 e. The van der Waals surface area contributed by atoms with Crippen LogP contribution in [-0.4, -0.2) is 28.6 Å². The van der Waals surface area contributed by atoms with E-state index in [1.165, 1.54) is 0 Å². The van der Waals surface area contributed by atoms with Gasteiger partial charge >= 0.3 is 0 Å². The fourth-order valence-corrected chi connectivity index (χ4v) is 1.12. The average molecular weight is 181 g/mol. The van der Waals surface area contributed by atoms with Gasteiger partial charge in [-0.05, 0) is 0 Å². The van der Waals surface area contributed by atoms with Gasteiger partial charge in [-0.25, -0.2) is 4.98 Å². The van der Waals surface area contributed by atoms with Crippen molar-refractivity contribution in [3.05, 3.63) is 18.2 Å². The Morgan fingerprint density at radius 2 is 2.69 bits per heavy atom. The lowest BCUT2D eigenvalue weighted by Crippen LogP contribution is -2.42. The van der Waals surface area contributed by atoms with Crippen LogP contribution in [0.5, 0.6) is 0 Å². The maximum atomic E-state index is 11.2. The molecule has 1 aromatic heterocycles. The lowest BCUT2D eigenvalue weighted by atomic mass is 10.2. The number of carbonyl (C=O) groups excluding carboxylic acids is 1. The van der Waals surface area contributed by atoms with Crippen LogP contribution in [0.15, 0.2) is 12.4 Å². The Kier molecular flexibility index (Phi) is 2.27. The van der Waals surface area contributed by atoms with Crippen molar-refractivity contribution in [1.82, 2.24) is 15.3 Å². The van der Waals surface area contributed by atoms with Gasteiger partial charge in [0.05, 0.1) is 13.2 Å². The zero-order chi connectivity index (χ0) is 9.10. The number of aromatic amines is 1. The first-order valence-electron chi connectivity index (χ1n) is 4.24. The molecule has 1 fully saturated rings. The second-order valence-corrected chi connectivity index (χ2v) is 2.90. The summed E-state index contributed by atoms with van der Waals surface area (Å²) in [6.45, 7) is 1.13. The van der Waals surface area contributed by atoms with Gasteiger partial charge in [0.25, 0.3) is 0 Å². The highest BCUT2D eigenvalue weighted by Crippen LogP contribution is 2.10. The number of rotatable bonds is 3. The summed E-state index contributed by atoms with van der Waals surface area (Å²) in [5.74, 6) is 0.704. The average Bonchev–Trinajstić information content (AvgIpc) is 2.49. The highest BCUT2D eigenvalue weighted by atomic mass is 16.5. The number of H-pyrrole nitrogens is 1. The molecule has 0 aliphatic carbocycles. The first-order chi connectivity index (χ1) is 6.36. The number of carbonyl (C=O) groups is 1. The van der Waals surface area contributed by atoms with Crippen molar-refractivity contribution in [1.29, 1.82) is 0 Å². The number of nitrogens with zero attached hydrogens (tertiary/aromatic N) is 1. The van der Waals surface area contributed by atoms with E-state index in [0.717, 1.165) is 12.2 Å². The number of hydrogen-bond acceptors (Lipinski definition) is 3. The zero-order valence-corrected chi connectivity index (χ0v) is 7.12. The third-order valence-electron chi connectivity index (χ3n) is 1.98. The molecule has 1 aliphatic rings. The van der Waals surface area contributed by atoms with Crippen LogP contribution in [0.1, 0.15) is 12.2 Å². The number of hydrogen-bond donors (Lipinski definition) is 2.